The van der Waals surface area contributed by atoms with E-state index in [1.807, 2.05) is 6.08 Å². The molecule has 0 heterocycles. The molecule has 3 heteroatoms. The number of rotatable bonds is 10. The molecule has 0 aromatic carbocycles. The van der Waals surface area contributed by atoms with E-state index in [0.717, 1.165) is 10.9 Å². The maximum absolute atomic E-state index is 12.4. The second kappa shape index (κ2) is 10.6. The van der Waals surface area contributed by atoms with E-state index in [2.05, 4.69) is 62.8 Å². The Balaban J connectivity index is 4.22. The minimum atomic E-state index is -1.91. The molecule has 0 saturated carbocycles. The molecule has 0 bridgehead atoms. The zero-order valence-electron chi connectivity index (χ0n) is 15.5. The van der Waals surface area contributed by atoms with Gasteiger partial charge in [0.25, 0.3) is 0 Å². The lowest BCUT2D eigenvalue weighted by atomic mass is 10.1. The first-order chi connectivity index (χ1) is 10.1. The monoisotopic (exact) mass is 386 g/mol. The van der Waals surface area contributed by atoms with E-state index in [1.165, 1.54) is 38.5 Å². The Morgan fingerprint density at radius 3 is 2.09 bits per heavy atom. The zero-order valence-corrected chi connectivity index (χ0v) is 18.1. The maximum atomic E-state index is 12.4. The maximum Gasteiger partial charge on any atom is 0.137 e. The summed E-state index contributed by atoms with van der Waals surface area (Å²) in [7, 11) is -1.91. The highest BCUT2D eigenvalue weighted by Gasteiger charge is 2.40. The number of hydrogen-bond donors (Lipinski definition) is 0. The number of carbonyl (C=O) groups is 1. The van der Waals surface area contributed by atoms with E-state index in [1.54, 1.807) is 6.08 Å². The highest BCUT2D eigenvalue weighted by atomic mass is 79.9. The summed E-state index contributed by atoms with van der Waals surface area (Å²) in [4.78, 5) is 12.4. The van der Waals surface area contributed by atoms with Crippen molar-refractivity contribution in [3.63, 3.8) is 0 Å². The molecule has 22 heavy (non-hydrogen) atoms. The van der Waals surface area contributed by atoms with Crippen molar-refractivity contribution in [2.24, 2.45) is 0 Å². The van der Waals surface area contributed by atoms with Crippen LogP contribution in [0.1, 0.15) is 72.6 Å². The van der Waals surface area contributed by atoms with Crippen molar-refractivity contribution >= 4 is 29.4 Å². The average Bonchev–Trinajstić information content (AvgIpc) is 2.42. The van der Waals surface area contributed by atoms with Gasteiger partial charge in [0.05, 0.1) is 0 Å². The molecule has 0 saturated heterocycles. The van der Waals surface area contributed by atoms with Gasteiger partial charge in [0.2, 0.25) is 0 Å². The van der Waals surface area contributed by atoms with E-state index >= 15 is 0 Å². The summed E-state index contributed by atoms with van der Waals surface area (Å²) >= 11 is 3.56. The summed E-state index contributed by atoms with van der Waals surface area (Å²) in [6, 6.07) is 0. The molecule has 0 fully saturated rings. The van der Waals surface area contributed by atoms with Crippen LogP contribution in [0.4, 0.5) is 0 Å². The van der Waals surface area contributed by atoms with Gasteiger partial charge in [0, 0.05) is 4.48 Å². The van der Waals surface area contributed by atoms with Crippen LogP contribution in [0.5, 0.6) is 0 Å². The molecule has 0 aliphatic carbocycles. The Labute approximate surface area is 147 Å². The lowest BCUT2D eigenvalue weighted by Gasteiger charge is -2.34. The minimum absolute atomic E-state index is 0.100. The molecule has 1 nitrogen and oxygen atoms in total. The molecule has 0 aliphatic heterocycles. The Morgan fingerprint density at radius 1 is 1.00 bits per heavy atom. The minimum Gasteiger partial charge on any atom is -0.301 e. The first-order valence-electron chi connectivity index (χ1n) is 8.71. The Hall–Kier alpha value is -0.153. The van der Waals surface area contributed by atoms with Gasteiger partial charge in [0.15, 0.2) is 0 Å². The van der Waals surface area contributed by atoms with Gasteiger partial charge in [-0.1, -0.05) is 94.9 Å². The first kappa shape index (κ1) is 21.8. The summed E-state index contributed by atoms with van der Waals surface area (Å²) in [6.45, 7) is 13.1. The summed E-state index contributed by atoms with van der Waals surface area (Å²) in [6.07, 6.45) is 14.9. The SMILES string of the molecule is CCCCCCCC/C=C(Br)/C=C/C(=O)[Si](C)(C)C(C)(C)C. The van der Waals surface area contributed by atoms with Crippen LogP contribution in [0.3, 0.4) is 0 Å². The summed E-state index contributed by atoms with van der Waals surface area (Å²) in [5.41, 5.74) is 0. The van der Waals surface area contributed by atoms with Crippen LogP contribution >= 0.6 is 15.9 Å². The molecule has 0 atom stereocenters. The fraction of sp³-hybridized carbons (Fsp3) is 0.737. The predicted molar refractivity (Wildman–Crippen MR) is 106 cm³/mol. The predicted octanol–water partition coefficient (Wildman–Crippen LogP) is 7.19. The quantitative estimate of drug-likeness (QED) is 0.168. The van der Waals surface area contributed by atoms with Crippen molar-refractivity contribution in [2.45, 2.75) is 90.8 Å². The molecule has 0 aliphatic rings. The van der Waals surface area contributed by atoms with Gasteiger partial charge in [-0.25, -0.2) is 0 Å². The standard InChI is InChI=1S/C19H35BrOSi/c1-7-8-9-10-11-12-13-14-17(20)15-16-18(21)22(5,6)19(2,3)4/h14-16H,7-13H2,1-6H3/b16-15+,17-14-. The van der Waals surface area contributed by atoms with Gasteiger partial charge in [-0.15, -0.1) is 0 Å². The van der Waals surface area contributed by atoms with Gasteiger partial charge in [-0.2, -0.15) is 0 Å². The first-order valence-corrected chi connectivity index (χ1v) is 12.5. The molecular weight excluding hydrogens is 352 g/mol. The van der Waals surface area contributed by atoms with Crippen LogP contribution < -0.4 is 0 Å². The average molecular weight is 387 g/mol. The largest absolute Gasteiger partial charge is 0.301 e. The molecule has 128 valence electrons. The van der Waals surface area contributed by atoms with Gasteiger partial charge >= 0.3 is 0 Å². The smallest absolute Gasteiger partial charge is 0.137 e. The van der Waals surface area contributed by atoms with E-state index in [-0.39, 0.29) is 5.04 Å². The van der Waals surface area contributed by atoms with Crippen molar-refractivity contribution in [1.82, 2.24) is 0 Å². The number of allylic oxidation sites excluding steroid dienone is 4. The topological polar surface area (TPSA) is 17.1 Å². The van der Waals surface area contributed by atoms with E-state index in [4.69, 9.17) is 0 Å². The van der Waals surface area contributed by atoms with Crippen molar-refractivity contribution in [3.05, 3.63) is 22.7 Å². The third-order valence-corrected chi connectivity index (χ3v) is 10.5. The molecule has 0 N–H and O–H groups in total. The Morgan fingerprint density at radius 2 is 1.55 bits per heavy atom. The molecule has 0 rings (SSSR count). The number of hydrogen-bond acceptors (Lipinski definition) is 1. The molecular formula is C19H35BrOSi. The highest BCUT2D eigenvalue weighted by molar-refractivity contribution is 9.11. The summed E-state index contributed by atoms with van der Waals surface area (Å²) in [5, 5.41) is 0.424. The van der Waals surface area contributed by atoms with Crippen LogP contribution in [0, 0.1) is 0 Å². The van der Waals surface area contributed by atoms with E-state index < -0.39 is 8.07 Å². The molecule has 0 unspecified atom stereocenters. The lowest BCUT2D eigenvalue weighted by molar-refractivity contribution is -0.108. The molecule has 0 amide bonds. The lowest BCUT2D eigenvalue weighted by Crippen LogP contribution is -2.45. The summed E-state index contributed by atoms with van der Waals surface area (Å²) in [5.74, 6) is 0. The van der Waals surface area contributed by atoms with Gasteiger partial charge < -0.3 is 4.79 Å². The second-order valence-electron chi connectivity index (χ2n) is 7.72. The fourth-order valence-electron chi connectivity index (χ4n) is 1.97. The van der Waals surface area contributed by atoms with Crippen molar-refractivity contribution in [3.8, 4) is 0 Å². The van der Waals surface area contributed by atoms with E-state index in [0.29, 0.717) is 5.41 Å². The molecule has 0 aromatic heterocycles. The van der Waals surface area contributed by atoms with Crippen molar-refractivity contribution < 1.29 is 4.79 Å². The fourth-order valence-corrected chi connectivity index (χ4v) is 3.57. The van der Waals surface area contributed by atoms with Gasteiger partial charge in [-0.05, 0) is 30.0 Å². The van der Waals surface area contributed by atoms with Crippen LogP contribution in [0.15, 0.2) is 22.7 Å². The van der Waals surface area contributed by atoms with Crippen LogP contribution in [-0.4, -0.2) is 13.5 Å². The van der Waals surface area contributed by atoms with Gasteiger partial charge in [0.1, 0.15) is 13.5 Å². The number of halogens is 1. The molecule has 0 spiro atoms. The second-order valence-corrected chi connectivity index (χ2v) is 13.9. The van der Waals surface area contributed by atoms with Crippen molar-refractivity contribution in [2.75, 3.05) is 0 Å². The summed E-state index contributed by atoms with van der Waals surface area (Å²) < 4.78 is 1.04. The highest BCUT2D eigenvalue weighted by Crippen LogP contribution is 2.36. The third-order valence-electron chi connectivity index (χ3n) is 4.78. The normalized spacial score (nSPS) is 13.9. The number of carbonyl (C=O) groups excluding carboxylic acids is 1. The number of unbranched alkanes of at least 4 members (excludes halogenated alkanes) is 6. The van der Waals surface area contributed by atoms with Crippen LogP contribution in [0.2, 0.25) is 18.1 Å². The molecule has 0 radical (unpaired) electrons. The Bertz CT molecular complexity index is 389. The third kappa shape index (κ3) is 8.47. The van der Waals surface area contributed by atoms with Gasteiger partial charge in [-0.3, -0.25) is 0 Å². The van der Waals surface area contributed by atoms with E-state index in [9.17, 15) is 4.79 Å². The van der Waals surface area contributed by atoms with Crippen molar-refractivity contribution in [1.29, 1.82) is 0 Å². The molecule has 0 aromatic rings. The van der Waals surface area contributed by atoms with Crippen LogP contribution in [0.25, 0.3) is 0 Å². The Kier molecular flexibility index (Phi) is 10.5. The zero-order chi connectivity index (χ0) is 17.2. The van der Waals surface area contributed by atoms with Crippen LogP contribution in [-0.2, 0) is 4.79 Å².